The standard InChI is InChI=1S/C31H60F2Si/c32-31-25-19-13-7-1-4-10-16-22-28-34(33,29-23-17-11-5-2-8-14-20-26-31)30-24-18-12-6-3-9-15-21-27-31/h1-30H2. The van der Waals surface area contributed by atoms with Crippen molar-refractivity contribution in [3.8, 4) is 0 Å². The first-order valence-electron chi connectivity index (χ1n) is 16.0. The number of hydrogen-bond acceptors (Lipinski definition) is 0. The number of alkyl halides is 1. The smallest absolute Gasteiger partial charge is 0.247 e. The van der Waals surface area contributed by atoms with Crippen LogP contribution in [-0.4, -0.2) is 14.1 Å². The van der Waals surface area contributed by atoms with E-state index in [0.717, 1.165) is 75.9 Å². The van der Waals surface area contributed by atoms with E-state index >= 15 is 8.50 Å². The Morgan fingerprint density at radius 2 is 0.529 bits per heavy atom. The third kappa shape index (κ3) is 15.2. The zero-order valence-electron chi connectivity index (χ0n) is 23.0. The fraction of sp³-hybridized carbons (Fsp3) is 1.00. The van der Waals surface area contributed by atoms with E-state index in [1.165, 1.54) is 116 Å². The fourth-order valence-corrected chi connectivity index (χ4v) is 9.98. The predicted molar refractivity (Wildman–Crippen MR) is 150 cm³/mol. The zero-order chi connectivity index (χ0) is 24.2. The molecule has 2 bridgehead atoms. The molecule has 0 atom stereocenters. The van der Waals surface area contributed by atoms with Gasteiger partial charge in [-0.25, -0.2) is 4.39 Å². The first-order chi connectivity index (χ1) is 16.6. The molecule has 3 aliphatic rings. The number of rotatable bonds is 0. The van der Waals surface area contributed by atoms with Gasteiger partial charge in [0.1, 0.15) is 5.67 Å². The minimum Gasteiger partial charge on any atom is -0.314 e. The van der Waals surface area contributed by atoms with Crippen LogP contribution < -0.4 is 0 Å². The summed E-state index contributed by atoms with van der Waals surface area (Å²) in [5.74, 6) is 0. The van der Waals surface area contributed by atoms with Crippen molar-refractivity contribution in [2.75, 3.05) is 0 Å². The number of halogens is 2. The second-order valence-electron chi connectivity index (χ2n) is 12.3. The van der Waals surface area contributed by atoms with Gasteiger partial charge in [0.25, 0.3) is 0 Å². The van der Waals surface area contributed by atoms with E-state index in [1.54, 1.807) is 0 Å². The van der Waals surface area contributed by atoms with Crippen molar-refractivity contribution in [3.05, 3.63) is 0 Å². The summed E-state index contributed by atoms with van der Waals surface area (Å²) in [5, 5.41) is 0. The van der Waals surface area contributed by atoms with Crippen molar-refractivity contribution in [1.82, 2.24) is 0 Å². The van der Waals surface area contributed by atoms with Gasteiger partial charge < -0.3 is 4.11 Å². The van der Waals surface area contributed by atoms with Crippen molar-refractivity contribution < 1.29 is 8.50 Å². The van der Waals surface area contributed by atoms with Gasteiger partial charge in [-0.1, -0.05) is 154 Å². The number of hydrogen-bond donors (Lipinski definition) is 0. The third-order valence-electron chi connectivity index (χ3n) is 9.00. The van der Waals surface area contributed by atoms with Crippen LogP contribution in [0.15, 0.2) is 0 Å². The summed E-state index contributed by atoms with van der Waals surface area (Å²) in [6.45, 7) is 0. The summed E-state index contributed by atoms with van der Waals surface area (Å²) in [5.41, 5.74) is -0.892. The predicted octanol–water partition coefficient (Wildman–Crippen LogP) is 12.2. The van der Waals surface area contributed by atoms with E-state index in [0.29, 0.717) is 0 Å². The van der Waals surface area contributed by atoms with Crippen LogP contribution in [0.1, 0.15) is 173 Å². The van der Waals surface area contributed by atoms with Gasteiger partial charge in [-0.2, -0.15) is 0 Å². The molecule has 0 saturated carbocycles. The normalized spacial score (nSPS) is 32.6. The molecule has 0 nitrogen and oxygen atoms in total. The van der Waals surface area contributed by atoms with E-state index in [-0.39, 0.29) is 0 Å². The Morgan fingerprint density at radius 3 is 0.794 bits per heavy atom. The molecule has 3 heterocycles. The minimum atomic E-state index is -2.53. The van der Waals surface area contributed by atoms with E-state index < -0.39 is 14.1 Å². The molecule has 3 fully saturated rings. The Balaban J connectivity index is 1.96. The first kappa shape index (κ1) is 30.3. The highest BCUT2D eigenvalue weighted by Crippen LogP contribution is 2.34. The van der Waals surface area contributed by atoms with Crippen molar-refractivity contribution in [2.45, 2.75) is 197 Å². The largest absolute Gasteiger partial charge is 0.314 e. The van der Waals surface area contributed by atoms with Gasteiger partial charge in [-0.05, 0) is 37.4 Å². The molecule has 0 unspecified atom stereocenters. The Labute approximate surface area is 214 Å². The molecule has 0 aliphatic carbocycles. The monoisotopic (exact) mass is 498 g/mol. The first-order valence-corrected chi connectivity index (χ1v) is 18.5. The van der Waals surface area contributed by atoms with Crippen LogP contribution in [0, 0.1) is 0 Å². The highest BCUT2D eigenvalue weighted by molar-refractivity contribution is 6.73. The van der Waals surface area contributed by atoms with Crippen LogP contribution in [0.25, 0.3) is 0 Å². The molecule has 3 rings (SSSR count). The molecule has 0 amide bonds. The van der Waals surface area contributed by atoms with Crippen molar-refractivity contribution in [2.24, 2.45) is 0 Å². The van der Waals surface area contributed by atoms with Crippen molar-refractivity contribution >= 4 is 8.41 Å². The summed E-state index contributed by atoms with van der Waals surface area (Å²) in [6, 6.07) is 2.81. The molecule has 0 spiro atoms. The molecule has 0 aromatic carbocycles. The summed E-state index contributed by atoms with van der Waals surface area (Å²) >= 11 is 0. The fourth-order valence-electron chi connectivity index (χ4n) is 6.58. The number of fused-ring (bicyclic) bond motifs is 27. The molecule has 0 N–H and O–H groups in total. The average Bonchev–Trinajstić information content (AvgIpc) is 2.82. The van der Waals surface area contributed by atoms with E-state index in [4.69, 9.17) is 0 Å². The average molecular weight is 499 g/mol. The molecular formula is C31H60F2Si. The summed E-state index contributed by atoms with van der Waals surface area (Å²) < 4.78 is 31.9. The van der Waals surface area contributed by atoms with Crippen LogP contribution in [0.3, 0.4) is 0 Å². The lowest BCUT2D eigenvalue weighted by Crippen LogP contribution is -2.28. The van der Waals surface area contributed by atoms with Crippen LogP contribution in [0.5, 0.6) is 0 Å². The van der Waals surface area contributed by atoms with Crippen LogP contribution in [-0.2, 0) is 0 Å². The van der Waals surface area contributed by atoms with E-state index in [1.807, 2.05) is 0 Å². The zero-order valence-corrected chi connectivity index (χ0v) is 24.0. The molecule has 3 aliphatic heterocycles. The van der Waals surface area contributed by atoms with Crippen LogP contribution in [0.4, 0.5) is 8.50 Å². The molecule has 3 saturated heterocycles. The molecular weight excluding hydrogens is 438 g/mol. The van der Waals surface area contributed by atoms with E-state index in [9.17, 15) is 0 Å². The molecule has 0 radical (unpaired) electrons. The van der Waals surface area contributed by atoms with Gasteiger partial charge in [-0.15, -0.1) is 0 Å². The van der Waals surface area contributed by atoms with Gasteiger partial charge in [-0.3, -0.25) is 0 Å². The summed E-state index contributed by atoms with van der Waals surface area (Å²) in [4.78, 5) is 0. The highest BCUT2D eigenvalue weighted by atomic mass is 28.4. The molecule has 202 valence electrons. The highest BCUT2D eigenvalue weighted by Gasteiger charge is 2.32. The second-order valence-corrected chi connectivity index (χ2v) is 16.1. The lowest BCUT2D eigenvalue weighted by molar-refractivity contribution is 0.111. The third-order valence-corrected chi connectivity index (χ3v) is 12.7. The van der Waals surface area contributed by atoms with Crippen LogP contribution in [0.2, 0.25) is 18.1 Å². The van der Waals surface area contributed by atoms with Crippen LogP contribution >= 0.6 is 0 Å². The van der Waals surface area contributed by atoms with E-state index in [2.05, 4.69) is 0 Å². The quantitative estimate of drug-likeness (QED) is 0.230. The SMILES string of the molecule is FC12CCCCCCCCCC[Si](F)(CCCCCCCCCC1)CCCCCCCCCC2. The Bertz CT molecular complexity index is 362. The maximum absolute atomic E-state index is 16.0. The Morgan fingerprint density at radius 1 is 0.324 bits per heavy atom. The van der Waals surface area contributed by atoms with Gasteiger partial charge in [0.05, 0.1) is 0 Å². The van der Waals surface area contributed by atoms with Gasteiger partial charge in [0, 0.05) is 0 Å². The lowest BCUT2D eigenvalue weighted by atomic mass is 9.86. The molecule has 34 heavy (non-hydrogen) atoms. The second kappa shape index (κ2) is 19.2. The maximum Gasteiger partial charge on any atom is 0.247 e. The minimum absolute atomic E-state index is 0.802. The lowest BCUT2D eigenvalue weighted by Gasteiger charge is -2.26. The molecule has 0 aromatic heterocycles. The maximum atomic E-state index is 16.0. The Hall–Kier alpha value is 0.0769. The summed E-state index contributed by atoms with van der Waals surface area (Å²) in [7, 11) is -2.53. The van der Waals surface area contributed by atoms with Crippen molar-refractivity contribution in [1.29, 1.82) is 0 Å². The molecule has 3 heteroatoms. The Kier molecular flexibility index (Phi) is 17.1. The summed E-state index contributed by atoms with van der Waals surface area (Å²) in [6.07, 6.45) is 31.7. The van der Waals surface area contributed by atoms with Gasteiger partial charge >= 0.3 is 0 Å². The van der Waals surface area contributed by atoms with Crippen molar-refractivity contribution in [3.63, 3.8) is 0 Å². The molecule has 0 aromatic rings. The van der Waals surface area contributed by atoms with Gasteiger partial charge in [0.15, 0.2) is 0 Å². The topological polar surface area (TPSA) is 0 Å². The van der Waals surface area contributed by atoms with Gasteiger partial charge in [0.2, 0.25) is 8.41 Å².